The molecule has 0 aromatic heterocycles. The summed E-state index contributed by atoms with van der Waals surface area (Å²) < 4.78 is 10.4. The predicted molar refractivity (Wildman–Crippen MR) is 57.6 cm³/mol. The Kier molecular flexibility index (Phi) is 5.05. The number of hydrogen-bond acceptors (Lipinski definition) is 4. The first kappa shape index (κ1) is 12.5. The SMILES string of the molecule is CNCC1CC(OCC(=O)OC(C)C)C1. The molecule has 0 saturated heterocycles. The van der Waals surface area contributed by atoms with Crippen molar-refractivity contribution in [2.45, 2.75) is 38.9 Å². The second-order valence-corrected chi connectivity index (χ2v) is 4.37. The fourth-order valence-corrected chi connectivity index (χ4v) is 1.75. The van der Waals surface area contributed by atoms with E-state index in [-0.39, 0.29) is 24.8 Å². The van der Waals surface area contributed by atoms with Crippen LogP contribution >= 0.6 is 0 Å². The lowest BCUT2D eigenvalue weighted by Crippen LogP contribution is -2.38. The minimum Gasteiger partial charge on any atom is -0.461 e. The van der Waals surface area contributed by atoms with Crippen molar-refractivity contribution in [1.29, 1.82) is 0 Å². The van der Waals surface area contributed by atoms with Crippen LogP contribution in [0.3, 0.4) is 0 Å². The van der Waals surface area contributed by atoms with E-state index in [9.17, 15) is 4.79 Å². The molecule has 1 fully saturated rings. The number of carbonyl (C=O) groups excluding carboxylic acids is 1. The van der Waals surface area contributed by atoms with Crippen molar-refractivity contribution in [1.82, 2.24) is 5.32 Å². The van der Waals surface area contributed by atoms with Crippen LogP contribution in [-0.2, 0) is 14.3 Å². The van der Waals surface area contributed by atoms with Gasteiger partial charge >= 0.3 is 5.97 Å². The van der Waals surface area contributed by atoms with Crippen LogP contribution in [0.15, 0.2) is 0 Å². The number of hydrogen-bond donors (Lipinski definition) is 1. The zero-order chi connectivity index (χ0) is 11.3. The normalized spacial score (nSPS) is 25.1. The highest BCUT2D eigenvalue weighted by Crippen LogP contribution is 2.29. The van der Waals surface area contributed by atoms with Gasteiger partial charge in [0.25, 0.3) is 0 Å². The zero-order valence-corrected chi connectivity index (χ0v) is 9.79. The molecule has 0 unspecified atom stereocenters. The Bertz CT molecular complexity index is 200. The standard InChI is InChI=1S/C11H21NO3/c1-8(2)15-11(13)7-14-10-4-9(5-10)6-12-3/h8-10,12H,4-7H2,1-3H3. The molecule has 4 heteroatoms. The van der Waals surface area contributed by atoms with Gasteiger partial charge in [-0.3, -0.25) is 0 Å². The van der Waals surface area contributed by atoms with Crippen molar-refractivity contribution in [2.75, 3.05) is 20.2 Å². The summed E-state index contributed by atoms with van der Waals surface area (Å²) in [5.74, 6) is 0.447. The first-order valence-electron chi connectivity index (χ1n) is 5.57. The maximum absolute atomic E-state index is 11.1. The highest BCUT2D eigenvalue weighted by atomic mass is 16.6. The van der Waals surface area contributed by atoms with E-state index in [1.54, 1.807) is 0 Å². The van der Waals surface area contributed by atoms with Crippen molar-refractivity contribution in [3.05, 3.63) is 0 Å². The molecule has 0 radical (unpaired) electrons. The van der Waals surface area contributed by atoms with Gasteiger partial charge in [0, 0.05) is 0 Å². The summed E-state index contributed by atoms with van der Waals surface area (Å²) in [6, 6.07) is 0. The summed E-state index contributed by atoms with van der Waals surface area (Å²) in [6.45, 7) is 4.81. The van der Waals surface area contributed by atoms with E-state index in [0.717, 1.165) is 19.4 Å². The van der Waals surface area contributed by atoms with Crippen LogP contribution in [0.5, 0.6) is 0 Å². The van der Waals surface area contributed by atoms with Crippen LogP contribution in [0.2, 0.25) is 0 Å². The van der Waals surface area contributed by atoms with Gasteiger partial charge in [0.1, 0.15) is 6.61 Å². The minimum atomic E-state index is -0.262. The summed E-state index contributed by atoms with van der Waals surface area (Å²) in [6.07, 6.45) is 2.30. The van der Waals surface area contributed by atoms with E-state index in [1.807, 2.05) is 20.9 Å². The molecular formula is C11H21NO3. The van der Waals surface area contributed by atoms with E-state index < -0.39 is 0 Å². The molecular weight excluding hydrogens is 194 g/mol. The van der Waals surface area contributed by atoms with Crippen molar-refractivity contribution in [3.63, 3.8) is 0 Å². The Hall–Kier alpha value is -0.610. The second kappa shape index (κ2) is 6.08. The molecule has 0 aromatic carbocycles. The first-order valence-corrected chi connectivity index (χ1v) is 5.57. The third-order valence-electron chi connectivity index (χ3n) is 2.49. The smallest absolute Gasteiger partial charge is 0.332 e. The molecule has 0 amide bonds. The second-order valence-electron chi connectivity index (χ2n) is 4.37. The van der Waals surface area contributed by atoms with Gasteiger partial charge < -0.3 is 14.8 Å². The fraction of sp³-hybridized carbons (Fsp3) is 0.909. The van der Waals surface area contributed by atoms with Crippen molar-refractivity contribution < 1.29 is 14.3 Å². The zero-order valence-electron chi connectivity index (χ0n) is 9.79. The maximum Gasteiger partial charge on any atom is 0.332 e. The third kappa shape index (κ3) is 4.62. The molecule has 4 nitrogen and oxygen atoms in total. The molecule has 0 bridgehead atoms. The fourth-order valence-electron chi connectivity index (χ4n) is 1.75. The molecule has 1 aliphatic carbocycles. The number of nitrogens with one attached hydrogen (secondary N) is 1. The van der Waals surface area contributed by atoms with E-state index in [2.05, 4.69) is 5.32 Å². The molecule has 1 rings (SSSR count). The van der Waals surface area contributed by atoms with Crippen LogP contribution < -0.4 is 5.32 Å². The van der Waals surface area contributed by atoms with E-state index >= 15 is 0 Å². The topological polar surface area (TPSA) is 47.6 Å². The number of rotatable bonds is 6. The molecule has 1 aliphatic rings. The maximum atomic E-state index is 11.1. The molecule has 88 valence electrons. The highest BCUT2D eigenvalue weighted by molar-refractivity contribution is 5.70. The average molecular weight is 215 g/mol. The summed E-state index contributed by atoms with van der Waals surface area (Å²) in [7, 11) is 1.95. The minimum absolute atomic E-state index is 0.0560. The summed E-state index contributed by atoms with van der Waals surface area (Å²) >= 11 is 0. The average Bonchev–Trinajstić information content (AvgIpc) is 2.07. The Morgan fingerprint density at radius 1 is 1.47 bits per heavy atom. The molecule has 0 spiro atoms. The Morgan fingerprint density at radius 3 is 2.67 bits per heavy atom. The Balaban J connectivity index is 2.00. The van der Waals surface area contributed by atoms with Crippen LogP contribution in [-0.4, -0.2) is 38.4 Å². The van der Waals surface area contributed by atoms with Crippen LogP contribution in [0.4, 0.5) is 0 Å². The predicted octanol–water partition coefficient (Wildman–Crippen LogP) is 0.953. The van der Waals surface area contributed by atoms with Gasteiger partial charge in [0.05, 0.1) is 12.2 Å². The number of esters is 1. The summed E-state index contributed by atoms with van der Waals surface area (Å²) in [5.41, 5.74) is 0. The number of ether oxygens (including phenoxy) is 2. The molecule has 0 aromatic rings. The van der Waals surface area contributed by atoms with Gasteiger partial charge in [-0.25, -0.2) is 4.79 Å². The van der Waals surface area contributed by atoms with Gasteiger partial charge in [-0.2, -0.15) is 0 Å². The summed E-state index contributed by atoms with van der Waals surface area (Å²) in [4.78, 5) is 11.1. The molecule has 1 saturated carbocycles. The van der Waals surface area contributed by atoms with Crippen LogP contribution in [0.25, 0.3) is 0 Å². The Morgan fingerprint density at radius 2 is 2.13 bits per heavy atom. The third-order valence-corrected chi connectivity index (χ3v) is 2.49. The molecule has 0 heterocycles. The van der Waals surface area contributed by atoms with Crippen molar-refractivity contribution in [3.8, 4) is 0 Å². The van der Waals surface area contributed by atoms with Crippen molar-refractivity contribution >= 4 is 5.97 Å². The highest BCUT2D eigenvalue weighted by Gasteiger charge is 2.29. The lowest BCUT2D eigenvalue weighted by molar-refractivity contribution is -0.157. The van der Waals surface area contributed by atoms with E-state index in [1.165, 1.54) is 0 Å². The summed E-state index contributed by atoms with van der Waals surface area (Å²) in [5, 5.41) is 3.13. The van der Waals surface area contributed by atoms with Crippen molar-refractivity contribution in [2.24, 2.45) is 5.92 Å². The largest absolute Gasteiger partial charge is 0.461 e. The van der Waals surface area contributed by atoms with Crippen LogP contribution in [0.1, 0.15) is 26.7 Å². The molecule has 15 heavy (non-hydrogen) atoms. The molecule has 1 N–H and O–H groups in total. The van der Waals surface area contributed by atoms with Crippen LogP contribution in [0, 0.1) is 5.92 Å². The van der Waals surface area contributed by atoms with Gasteiger partial charge in [0.2, 0.25) is 0 Å². The van der Waals surface area contributed by atoms with E-state index in [4.69, 9.17) is 9.47 Å². The lowest BCUT2D eigenvalue weighted by atomic mass is 9.82. The van der Waals surface area contributed by atoms with Gasteiger partial charge in [0.15, 0.2) is 0 Å². The lowest BCUT2D eigenvalue weighted by Gasteiger charge is -2.34. The van der Waals surface area contributed by atoms with Gasteiger partial charge in [-0.05, 0) is 46.2 Å². The monoisotopic (exact) mass is 215 g/mol. The molecule has 0 aliphatic heterocycles. The van der Waals surface area contributed by atoms with E-state index in [0.29, 0.717) is 5.92 Å². The number of carbonyl (C=O) groups is 1. The Labute approximate surface area is 91.3 Å². The van der Waals surface area contributed by atoms with Gasteiger partial charge in [-0.15, -0.1) is 0 Å². The molecule has 0 atom stereocenters. The quantitative estimate of drug-likeness (QED) is 0.670. The van der Waals surface area contributed by atoms with Gasteiger partial charge in [-0.1, -0.05) is 0 Å². The first-order chi connectivity index (χ1) is 7.11.